The van der Waals surface area contributed by atoms with Gasteiger partial charge in [-0.2, -0.15) is 0 Å². The van der Waals surface area contributed by atoms with Gasteiger partial charge in [0.2, 0.25) is 0 Å². The van der Waals surface area contributed by atoms with E-state index < -0.39 is 0 Å². The van der Waals surface area contributed by atoms with Gasteiger partial charge in [0.25, 0.3) is 0 Å². The molecule has 1 aliphatic rings. The zero-order valence-corrected chi connectivity index (χ0v) is 6.14. The highest BCUT2D eigenvalue weighted by molar-refractivity contribution is 8.16. The summed E-state index contributed by atoms with van der Waals surface area (Å²) >= 11 is 6.23. The molecule has 1 fully saturated rings. The first-order chi connectivity index (χ1) is 3.70. The first kappa shape index (κ1) is 6.23. The summed E-state index contributed by atoms with van der Waals surface area (Å²) in [5.74, 6) is 0. The van der Waals surface area contributed by atoms with E-state index in [9.17, 15) is 4.79 Å². The predicted molar refractivity (Wildman–Crippen MR) is 39.3 cm³/mol. The molecule has 44 valence electrons. The first-order valence-electron chi connectivity index (χ1n) is 2.42. The highest BCUT2D eigenvalue weighted by Gasteiger charge is 2.23. The van der Waals surface area contributed by atoms with E-state index in [2.05, 4.69) is 0 Å². The fraction of sp³-hybridized carbons (Fsp3) is 0.600. The molecule has 0 aliphatic carbocycles. The van der Waals surface area contributed by atoms with Crippen LogP contribution in [0.3, 0.4) is 0 Å². The lowest BCUT2D eigenvalue weighted by molar-refractivity contribution is -0.109. The van der Waals surface area contributed by atoms with E-state index in [4.69, 9.17) is 12.2 Å². The van der Waals surface area contributed by atoms with Gasteiger partial charge in [-0.1, -0.05) is 24.0 Å². The summed E-state index contributed by atoms with van der Waals surface area (Å²) in [4.78, 5) is 11.4. The third-order valence-corrected chi connectivity index (χ3v) is 2.77. The Balaban J connectivity index is 2.64. The molecule has 0 bridgehead atoms. The van der Waals surface area contributed by atoms with Crippen molar-refractivity contribution in [1.29, 1.82) is 0 Å². The van der Waals surface area contributed by atoms with Crippen molar-refractivity contribution in [3.05, 3.63) is 0 Å². The lowest BCUT2D eigenvalue weighted by Crippen LogP contribution is -2.00. The Labute approximate surface area is 57.8 Å². The summed E-state index contributed by atoms with van der Waals surface area (Å²) in [6.45, 7) is 1.97. The number of hydrogen-bond acceptors (Lipinski definition) is 3. The molecule has 1 saturated heterocycles. The molecule has 1 atom stereocenters. The van der Waals surface area contributed by atoms with Gasteiger partial charge < -0.3 is 0 Å². The maximum Gasteiger partial charge on any atom is 0.194 e. The molecule has 1 heterocycles. The van der Waals surface area contributed by atoms with Gasteiger partial charge in [0.1, 0.15) is 0 Å². The fourth-order valence-corrected chi connectivity index (χ4v) is 1.81. The smallest absolute Gasteiger partial charge is 0.194 e. The van der Waals surface area contributed by atoms with E-state index in [0.717, 1.165) is 4.86 Å². The second-order valence-corrected chi connectivity index (χ2v) is 3.70. The number of hydrogen-bond donors (Lipinski definition) is 0. The monoisotopic (exact) mass is 146 g/mol. The van der Waals surface area contributed by atoms with Crippen LogP contribution >= 0.6 is 24.0 Å². The van der Waals surface area contributed by atoms with Crippen molar-refractivity contribution in [2.24, 2.45) is 0 Å². The second-order valence-electron chi connectivity index (χ2n) is 1.78. The minimum atomic E-state index is 0.225. The molecule has 3 heteroatoms. The van der Waals surface area contributed by atoms with E-state index in [0.29, 0.717) is 6.42 Å². The Bertz CT molecular complexity index is 141. The molecule has 0 radical (unpaired) electrons. The summed E-state index contributed by atoms with van der Waals surface area (Å²) in [6, 6.07) is 0. The summed E-state index contributed by atoms with van der Waals surface area (Å²) in [5.41, 5.74) is 0. The summed E-state index contributed by atoms with van der Waals surface area (Å²) in [5, 5.41) is 0.514. The van der Waals surface area contributed by atoms with E-state index in [1.807, 2.05) is 6.92 Å². The third kappa shape index (κ3) is 1.09. The Morgan fingerprint density at radius 2 is 2.50 bits per heavy atom. The van der Waals surface area contributed by atoms with Crippen LogP contribution in [0.15, 0.2) is 0 Å². The minimum absolute atomic E-state index is 0.225. The highest BCUT2D eigenvalue weighted by atomic mass is 32.2. The minimum Gasteiger partial charge on any atom is -0.287 e. The number of carbonyl (C=O) groups is 1. The van der Waals surface area contributed by atoms with Gasteiger partial charge in [-0.25, -0.2) is 0 Å². The quantitative estimate of drug-likeness (QED) is 0.481. The van der Waals surface area contributed by atoms with Crippen LogP contribution in [0.25, 0.3) is 0 Å². The number of carbonyl (C=O) groups excluding carboxylic acids is 1. The van der Waals surface area contributed by atoms with Crippen LogP contribution in [-0.4, -0.2) is 15.2 Å². The lowest BCUT2D eigenvalue weighted by Gasteiger charge is -1.92. The van der Waals surface area contributed by atoms with Crippen LogP contribution in [0.5, 0.6) is 0 Å². The largest absolute Gasteiger partial charge is 0.287 e. The molecule has 8 heavy (non-hydrogen) atoms. The van der Waals surface area contributed by atoms with Crippen LogP contribution in [0.1, 0.15) is 13.3 Å². The van der Waals surface area contributed by atoms with Crippen molar-refractivity contribution < 1.29 is 4.79 Å². The molecule has 0 spiro atoms. The number of thiocarbonyl (C=S) groups is 1. The Hall–Kier alpha value is 0.110. The van der Waals surface area contributed by atoms with Crippen molar-refractivity contribution in [3.63, 3.8) is 0 Å². The molecule has 0 amide bonds. The molecule has 0 aromatic carbocycles. The predicted octanol–water partition coefficient (Wildman–Crippen LogP) is 1.41. The van der Waals surface area contributed by atoms with Crippen molar-refractivity contribution >= 4 is 34.0 Å². The Morgan fingerprint density at radius 3 is 2.62 bits per heavy atom. The second kappa shape index (κ2) is 2.15. The van der Waals surface area contributed by atoms with Gasteiger partial charge in [0, 0.05) is 16.5 Å². The van der Waals surface area contributed by atoms with Crippen LogP contribution < -0.4 is 0 Å². The Morgan fingerprint density at radius 1 is 1.88 bits per heavy atom. The van der Waals surface area contributed by atoms with E-state index >= 15 is 0 Å². The third-order valence-electron chi connectivity index (χ3n) is 1.08. The molecule has 0 saturated carbocycles. The van der Waals surface area contributed by atoms with Crippen LogP contribution in [0, 0.1) is 0 Å². The van der Waals surface area contributed by atoms with Crippen molar-refractivity contribution in [2.45, 2.75) is 18.6 Å². The summed E-state index contributed by atoms with van der Waals surface area (Å²) in [6.07, 6.45) is 0.515. The van der Waals surface area contributed by atoms with E-state index in [1.54, 1.807) is 0 Å². The van der Waals surface area contributed by atoms with Gasteiger partial charge in [0.05, 0.1) is 0 Å². The van der Waals surface area contributed by atoms with Gasteiger partial charge in [-0.05, 0) is 6.92 Å². The van der Waals surface area contributed by atoms with Crippen molar-refractivity contribution in [1.82, 2.24) is 0 Å². The standard InChI is InChI=1S/C5H6OS2/c1-3-4(7)2-5(6)8-3/h3H,2H2,1H3. The zero-order chi connectivity index (χ0) is 6.15. The van der Waals surface area contributed by atoms with Gasteiger partial charge in [-0.15, -0.1) is 0 Å². The molecule has 1 rings (SSSR count). The SMILES string of the molecule is CC1SC(=O)CC1=S. The van der Waals surface area contributed by atoms with Gasteiger partial charge >= 0.3 is 0 Å². The topological polar surface area (TPSA) is 17.1 Å². The van der Waals surface area contributed by atoms with Crippen LogP contribution in [0.2, 0.25) is 0 Å². The first-order valence-corrected chi connectivity index (χ1v) is 3.71. The molecule has 1 unspecified atom stereocenters. The molecule has 0 N–H and O–H groups in total. The molecular formula is C5H6OS2. The summed E-state index contributed by atoms with van der Waals surface area (Å²) in [7, 11) is 0. The molecule has 0 aromatic heterocycles. The van der Waals surface area contributed by atoms with Crippen molar-refractivity contribution in [3.8, 4) is 0 Å². The van der Waals surface area contributed by atoms with E-state index in [-0.39, 0.29) is 10.4 Å². The van der Waals surface area contributed by atoms with Crippen LogP contribution in [0.4, 0.5) is 0 Å². The average molecular weight is 146 g/mol. The molecular weight excluding hydrogens is 140 g/mol. The van der Waals surface area contributed by atoms with Gasteiger partial charge in [-0.3, -0.25) is 4.79 Å². The molecule has 0 aromatic rings. The normalized spacial score (nSPS) is 29.4. The fourth-order valence-electron chi connectivity index (χ4n) is 0.591. The highest BCUT2D eigenvalue weighted by Crippen LogP contribution is 2.24. The molecule has 1 aliphatic heterocycles. The number of rotatable bonds is 0. The zero-order valence-electron chi connectivity index (χ0n) is 4.51. The van der Waals surface area contributed by atoms with Crippen LogP contribution in [-0.2, 0) is 4.79 Å². The molecule has 1 nitrogen and oxygen atoms in total. The van der Waals surface area contributed by atoms with E-state index in [1.165, 1.54) is 11.8 Å². The number of thioether (sulfide) groups is 1. The van der Waals surface area contributed by atoms with Gasteiger partial charge in [0.15, 0.2) is 5.12 Å². The Kier molecular flexibility index (Phi) is 1.68. The maximum atomic E-state index is 10.5. The average Bonchev–Trinajstić information content (AvgIpc) is 1.85. The maximum absolute atomic E-state index is 10.5. The summed E-state index contributed by atoms with van der Waals surface area (Å²) < 4.78 is 0. The van der Waals surface area contributed by atoms with Crippen molar-refractivity contribution in [2.75, 3.05) is 0 Å². The lowest BCUT2D eigenvalue weighted by atomic mass is 10.3.